The Bertz CT molecular complexity index is 650. The van der Waals surface area contributed by atoms with Crippen LogP contribution in [0.25, 0.3) is 0 Å². The van der Waals surface area contributed by atoms with Crippen LogP contribution in [0.5, 0.6) is 11.5 Å². The van der Waals surface area contributed by atoms with E-state index in [4.69, 9.17) is 9.84 Å². The Labute approximate surface area is 124 Å². The fourth-order valence-electron chi connectivity index (χ4n) is 2.14. The summed E-state index contributed by atoms with van der Waals surface area (Å²) < 4.78 is 6.03. The molecular weight excluding hydrogens is 266 g/mol. The summed E-state index contributed by atoms with van der Waals surface area (Å²) in [6, 6.07) is 13.1. The lowest BCUT2D eigenvalue weighted by atomic mass is 10.1. The minimum absolute atomic E-state index is 0.0562. The number of anilines is 1. The molecule has 21 heavy (non-hydrogen) atoms. The minimum atomic E-state index is -0.872. The highest BCUT2D eigenvalue weighted by atomic mass is 16.5. The van der Waals surface area contributed by atoms with Crippen LogP contribution in [0.2, 0.25) is 0 Å². The molecule has 1 N–H and O–H groups in total. The Hall–Kier alpha value is -2.49. The van der Waals surface area contributed by atoms with Crippen molar-refractivity contribution in [3.63, 3.8) is 0 Å². The number of rotatable bonds is 5. The van der Waals surface area contributed by atoms with Crippen molar-refractivity contribution in [2.24, 2.45) is 0 Å². The predicted octanol–water partition coefficient (Wildman–Crippen LogP) is 3.48. The van der Waals surface area contributed by atoms with Crippen molar-refractivity contribution in [3.05, 3.63) is 53.6 Å². The molecule has 0 atom stereocenters. The molecule has 0 fully saturated rings. The van der Waals surface area contributed by atoms with Crippen LogP contribution < -0.4 is 9.64 Å². The molecule has 0 aliphatic heterocycles. The molecule has 0 radical (unpaired) electrons. The van der Waals surface area contributed by atoms with Gasteiger partial charge in [0.05, 0.1) is 12.1 Å². The van der Waals surface area contributed by atoms with E-state index < -0.39 is 5.97 Å². The van der Waals surface area contributed by atoms with Gasteiger partial charge >= 0.3 is 5.97 Å². The van der Waals surface area contributed by atoms with Gasteiger partial charge in [-0.25, -0.2) is 0 Å². The highest BCUT2D eigenvalue weighted by Gasteiger charge is 2.13. The first-order valence-corrected chi connectivity index (χ1v) is 6.73. The standard InChI is InChI=1S/C17H19NO3/c1-12-7-6-9-14(18(2)3)17(12)21-15-10-5-4-8-13(15)11-16(19)20/h4-10H,11H2,1-3H3,(H,19,20). The third kappa shape index (κ3) is 3.54. The average Bonchev–Trinajstić information content (AvgIpc) is 2.42. The summed E-state index contributed by atoms with van der Waals surface area (Å²) in [4.78, 5) is 12.9. The van der Waals surface area contributed by atoms with Crippen molar-refractivity contribution < 1.29 is 14.6 Å². The number of hydrogen-bond donors (Lipinski definition) is 1. The van der Waals surface area contributed by atoms with Crippen molar-refractivity contribution in [3.8, 4) is 11.5 Å². The lowest BCUT2D eigenvalue weighted by molar-refractivity contribution is -0.136. The van der Waals surface area contributed by atoms with E-state index in [1.807, 2.05) is 56.3 Å². The summed E-state index contributed by atoms with van der Waals surface area (Å²) in [6.45, 7) is 1.97. The van der Waals surface area contributed by atoms with Gasteiger partial charge in [0.15, 0.2) is 5.75 Å². The number of nitrogens with zero attached hydrogens (tertiary/aromatic N) is 1. The van der Waals surface area contributed by atoms with Gasteiger partial charge in [-0.2, -0.15) is 0 Å². The normalized spacial score (nSPS) is 10.2. The van der Waals surface area contributed by atoms with E-state index in [0.717, 1.165) is 17.0 Å². The van der Waals surface area contributed by atoms with Gasteiger partial charge in [0.1, 0.15) is 5.75 Å². The molecular formula is C17H19NO3. The number of carboxylic acids is 1. The van der Waals surface area contributed by atoms with Gasteiger partial charge in [-0.05, 0) is 24.6 Å². The average molecular weight is 285 g/mol. The number of benzene rings is 2. The monoisotopic (exact) mass is 285 g/mol. The summed E-state index contributed by atoms with van der Waals surface area (Å²) in [5.74, 6) is 0.460. The number of carboxylic acid groups (broad SMARTS) is 1. The van der Waals surface area contributed by atoms with Crippen LogP contribution >= 0.6 is 0 Å². The first-order chi connectivity index (χ1) is 9.99. The highest BCUT2D eigenvalue weighted by molar-refractivity contribution is 5.71. The third-order valence-electron chi connectivity index (χ3n) is 3.20. The fourth-order valence-corrected chi connectivity index (χ4v) is 2.14. The number of hydrogen-bond acceptors (Lipinski definition) is 3. The van der Waals surface area contributed by atoms with Crippen molar-refractivity contribution in [1.29, 1.82) is 0 Å². The largest absolute Gasteiger partial charge is 0.481 e. The van der Waals surface area contributed by atoms with Gasteiger partial charge in [-0.1, -0.05) is 30.3 Å². The Morgan fingerprint density at radius 1 is 1.14 bits per heavy atom. The summed E-state index contributed by atoms with van der Waals surface area (Å²) in [7, 11) is 3.90. The van der Waals surface area contributed by atoms with E-state index in [2.05, 4.69) is 0 Å². The quantitative estimate of drug-likeness (QED) is 0.913. The van der Waals surface area contributed by atoms with Gasteiger partial charge < -0.3 is 14.7 Å². The van der Waals surface area contributed by atoms with Crippen LogP contribution in [0, 0.1) is 6.92 Å². The van der Waals surface area contributed by atoms with E-state index in [9.17, 15) is 4.79 Å². The van der Waals surface area contributed by atoms with E-state index in [0.29, 0.717) is 11.3 Å². The third-order valence-corrected chi connectivity index (χ3v) is 3.20. The van der Waals surface area contributed by atoms with Crippen LogP contribution in [0.1, 0.15) is 11.1 Å². The summed E-state index contributed by atoms with van der Waals surface area (Å²) in [5, 5.41) is 8.99. The molecule has 2 rings (SSSR count). The molecule has 110 valence electrons. The zero-order valence-corrected chi connectivity index (χ0v) is 12.5. The van der Waals surface area contributed by atoms with Crippen LogP contribution in [-0.2, 0) is 11.2 Å². The van der Waals surface area contributed by atoms with Crippen LogP contribution in [0.15, 0.2) is 42.5 Å². The highest BCUT2D eigenvalue weighted by Crippen LogP contribution is 2.35. The summed E-state index contributed by atoms with van der Waals surface area (Å²) >= 11 is 0. The zero-order chi connectivity index (χ0) is 15.4. The van der Waals surface area contributed by atoms with Crippen molar-refractivity contribution in [1.82, 2.24) is 0 Å². The lowest BCUT2D eigenvalue weighted by Gasteiger charge is -2.20. The van der Waals surface area contributed by atoms with E-state index in [-0.39, 0.29) is 6.42 Å². The molecule has 2 aromatic carbocycles. The second-order valence-electron chi connectivity index (χ2n) is 5.10. The second kappa shape index (κ2) is 6.31. The summed E-state index contributed by atoms with van der Waals surface area (Å²) in [6.07, 6.45) is -0.0562. The first-order valence-electron chi connectivity index (χ1n) is 6.73. The molecule has 2 aromatic rings. The fraction of sp³-hybridized carbons (Fsp3) is 0.235. The number of para-hydroxylation sites is 2. The van der Waals surface area contributed by atoms with Crippen LogP contribution in [-0.4, -0.2) is 25.2 Å². The van der Waals surface area contributed by atoms with Crippen molar-refractivity contribution in [2.75, 3.05) is 19.0 Å². The van der Waals surface area contributed by atoms with E-state index in [1.165, 1.54) is 0 Å². The molecule has 0 aliphatic rings. The lowest BCUT2D eigenvalue weighted by Crippen LogP contribution is -2.11. The molecule has 0 saturated carbocycles. The Morgan fingerprint density at radius 2 is 1.86 bits per heavy atom. The van der Waals surface area contributed by atoms with E-state index in [1.54, 1.807) is 12.1 Å². The molecule has 4 nitrogen and oxygen atoms in total. The van der Waals surface area contributed by atoms with Gasteiger partial charge in [0, 0.05) is 19.7 Å². The molecule has 0 aliphatic carbocycles. The molecule has 4 heteroatoms. The minimum Gasteiger partial charge on any atom is -0.481 e. The van der Waals surface area contributed by atoms with Gasteiger partial charge in [-0.3, -0.25) is 4.79 Å². The molecule has 0 unspecified atom stereocenters. The van der Waals surface area contributed by atoms with Gasteiger partial charge in [-0.15, -0.1) is 0 Å². The smallest absolute Gasteiger partial charge is 0.307 e. The van der Waals surface area contributed by atoms with Crippen LogP contribution in [0.4, 0.5) is 5.69 Å². The molecule has 0 bridgehead atoms. The maximum absolute atomic E-state index is 11.0. The zero-order valence-electron chi connectivity index (χ0n) is 12.5. The predicted molar refractivity (Wildman–Crippen MR) is 83.4 cm³/mol. The molecule has 0 saturated heterocycles. The first kappa shape index (κ1) is 14.9. The Kier molecular flexibility index (Phi) is 4.48. The van der Waals surface area contributed by atoms with Crippen molar-refractivity contribution in [2.45, 2.75) is 13.3 Å². The molecule has 0 heterocycles. The SMILES string of the molecule is Cc1cccc(N(C)C)c1Oc1ccccc1CC(=O)O. The topological polar surface area (TPSA) is 49.8 Å². The number of ether oxygens (including phenoxy) is 1. The summed E-state index contributed by atoms with van der Waals surface area (Å²) in [5.41, 5.74) is 2.63. The van der Waals surface area contributed by atoms with E-state index >= 15 is 0 Å². The number of aliphatic carboxylic acids is 1. The Balaban J connectivity index is 2.41. The molecule has 0 amide bonds. The van der Waals surface area contributed by atoms with Crippen LogP contribution in [0.3, 0.4) is 0 Å². The molecule has 0 spiro atoms. The van der Waals surface area contributed by atoms with Gasteiger partial charge in [0.25, 0.3) is 0 Å². The second-order valence-corrected chi connectivity index (χ2v) is 5.10. The number of carbonyl (C=O) groups is 1. The molecule has 0 aromatic heterocycles. The van der Waals surface area contributed by atoms with Crippen molar-refractivity contribution >= 4 is 11.7 Å². The number of aryl methyl sites for hydroxylation is 1. The maximum atomic E-state index is 11.0. The Morgan fingerprint density at radius 3 is 2.52 bits per heavy atom. The maximum Gasteiger partial charge on any atom is 0.307 e. The van der Waals surface area contributed by atoms with Gasteiger partial charge in [0.2, 0.25) is 0 Å².